The van der Waals surface area contributed by atoms with Gasteiger partial charge in [0.1, 0.15) is 5.82 Å². The quantitative estimate of drug-likeness (QED) is 0.818. The lowest BCUT2D eigenvalue weighted by Crippen LogP contribution is -2.56. The fourth-order valence-electron chi connectivity index (χ4n) is 2.56. The molecule has 1 fully saturated rings. The number of benzene rings is 1. The zero-order chi connectivity index (χ0) is 14.0. The van der Waals surface area contributed by atoms with Gasteiger partial charge in [0.15, 0.2) is 0 Å². The Morgan fingerprint density at radius 3 is 2.74 bits per heavy atom. The molecule has 2 rings (SSSR count). The Kier molecular flexibility index (Phi) is 4.20. The van der Waals surface area contributed by atoms with Crippen LogP contribution in [0.5, 0.6) is 0 Å². The molecule has 0 N–H and O–H groups in total. The van der Waals surface area contributed by atoms with Crippen molar-refractivity contribution in [2.24, 2.45) is 5.92 Å². The number of hydrogen-bond acceptors (Lipinski definition) is 2. The first-order valence-corrected chi connectivity index (χ1v) is 6.74. The summed E-state index contributed by atoms with van der Waals surface area (Å²) in [7, 11) is 2.07. The van der Waals surface area contributed by atoms with Crippen LogP contribution in [-0.2, 0) is 0 Å². The fourth-order valence-corrected chi connectivity index (χ4v) is 2.56. The van der Waals surface area contributed by atoms with E-state index in [-0.39, 0.29) is 17.8 Å². The predicted octanol–water partition coefficient (Wildman–Crippen LogP) is 2.24. The van der Waals surface area contributed by atoms with Crippen molar-refractivity contribution in [3.8, 4) is 0 Å². The molecule has 0 bridgehead atoms. The van der Waals surface area contributed by atoms with Crippen LogP contribution in [0.3, 0.4) is 0 Å². The Labute approximate surface area is 114 Å². The average Bonchev–Trinajstić information content (AvgIpc) is 2.37. The van der Waals surface area contributed by atoms with Crippen molar-refractivity contribution in [3.63, 3.8) is 0 Å². The van der Waals surface area contributed by atoms with E-state index < -0.39 is 0 Å². The predicted molar refractivity (Wildman–Crippen MR) is 73.6 cm³/mol. The van der Waals surface area contributed by atoms with Gasteiger partial charge in [0.25, 0.3) is 5.91 Å². The van der Waals surface area contributed by atoms with Gasteiger partial charge in [-0.25, -0.2) is 4.39 Å². The second-order valence-corrected chi connectivity index (χ2v) is 5.58. The molecule has 1 unspecified atom stereocenters. The Bertz CT molecular complexity index is 461. The number of halogens is 1. The van der Waals surface area contributed by atoms with E-state index in [2.05, 4.69) is 25.8 Å². The number of piperazine rings is 1. The highest BCUT2D eigenvalue weighted by molar-refractivity contribution is 5.94. The minimum atomic E-state index is -0.360. The van der Waals surface area contributed by atoms with Crippen LogP contribution >= 0.6 is 0 Å². The molecular weight excluding hydrogens is 243 g/mol. The summed E-state index contributed by atoms with van der Waals surface area (Å²) in [6.07, 6.45) is 0. The number of rotatable bonds is 2. The molecule has 104 valence electrons. The molecule has 0 aliphatic carbocycles. The van der Waals surface area contributed by atoms with E-state index in [4.69, 9.17) is 0 Å². The smallest absolute Gasteiger partial charge is 0.254 e. The van der Waals surface area contributed by atoms with Crippen molar-refractivity contribution in [1.82, 2.24) is 9.80 Å². The second kappa shape index (κ2) is 5.70. The molecular formula is C15H21FN2O. The summed E-state index contributed by atoms with van der Waals surface area (Å²) in [4.78, 5) is 16.6. The molecule has 1 aliphatic heterocycles. The lowest BCUT2D eigenvalue weighted by atomic mass is 9.98. The molecule has 19 heavy (non-hydrogen) atoms. The normalized spacial score (nSPS) is 20.9. The van der Waals surface area contributed by atoms with Gasteiger partial charge in [0, 0.05) is 31.2 Å². The minimum absolute atomic E-state index is 0.0636. The highest BCUT2D eigenvalue weighted by atomic mass is 19.1. The molecule has 1 atom stereocenters. The number of carbonyl (C=O) groups excluding carboxylic acids is 1. The first-order valence-electron chi connectivity index (χ1n) is 6.74. The van der Waals surface area contributed by atoms with E-state index in [1.165, 1.54) is 12.1 Å². The molecule has 0 aromatic heterocycles. The number of hydrogen-bond donors (Lipinski definition) is 0. The van der Waals surface area contributed by atoms with Crippen LogP contribution in [0.25, 0.3) is 0 Å². The number of nitrogens with zero attached hydrogens (tertiary/aromatic N) is 2. The van der Waals surface area contributed by atoms with Crippen LogP contribution in [0.4, 0.5) is 4.39 Å². The minimum Gasteiger partial charge on any atom is -0.333 e. The molecule has 1 saturated heterocycles. The topological polar surface area (TPSA) is 23.6 Å². The van der Waals surface area contributed by atoms with Crippen LogP contribution in [0.15, 0.2) is 24.3 Å². The summed E-state index contributed by atoms with van der Waals surface area (Å²) in [6.45, 7) is 6.68. The van der Waals surface area contributed by atoms with Gasteiger partial charge >= 0.3 is 0 Å². The van der Waals surface area contributed by atoms with E-state index in [0.29, 0.717) is 18.0 Å². The van der Waals surface area contributed by atoms with Crippen LogP contribution in [0.1, 0.15) is 24.2 Å². The van der Waals surface area contributed by atoms with Crippen molar-refractivity contribution in [2.75, 3.05) is 26.7 Å². The summed E-state index contributed by atoms with van der Waals surface area (Å²) >= 11 is 0. The highest BCUT2D eigenvalue weighted by Crippen LogP contribution is 2.19. The lowest BCUT2D eigenvalue weighted by molar-refractivity contribution is 0.0402. The first kappa shape index (κ1) is 14.0. The third-order valence-corrected chi connectivity index (χ3v) is 3.72. The SMILES string of the molecule is CC(C)C1CN(C)CCN1C(=O)c1cccc(F)c1. The maximum Gasteiger partial charge on any atom is 0.254 e. The summed E-state index contributed by atoms with van der Waals surface area (Å²) in [6, 6.07) is 6.14. The number of likely N-dealkylation sites (N-methyl/N-ethyl adjacent to an activating group) is 1. The van der Waals surface area contributed by atoms with E-state index >= 15 is 0 Å². The Morgan fingerprint density at radius 1 is 1.37 bits per heavy atom. The molecule has 1 aromatic rings. The van der Waals surface area contributed by atoms with Crippen LogP contribution in [-0.4, -0.2) is 48.4 Å². The van der Waals surface area contributed by atoms with Gasteiger partial charge in [-0.2, -0.15) is 0 Å². The van der Waals surface area contributed by atoms with Crippen molar-refractivity contribution in [3.05, 3.63) is 35.6 Å². The van der Waals surface area contributed by atoms with Gasteiger partial charge < -0.3 is 9.80 Å². The van der Waals surface area contributed by atoms with Gasteiger partial charge in [-0.05, 0) is 31.2 Å². The van der Waals surface area contributed by atoms with Crippen LogP contribution in [0.2, 0.25) is 0 Å². The third-order valence-electron chi connectivity index (χ3n) is 3.72. The van der Waals surface area contributed by atoms with E-state index in [1.54, 1.807) is 12.1 Å². The van der Waals surface area contributed by atoms with Gasteiger partial charge in [-0.15, -0.1) is 0 Å². The highest BCUT2D eigenvalue weighted by Gasteiger charge is 2.31. The molecule has 1 aliphatic rings. The van der Waals surface area contributed by atoms with Crippen molar-refractivity contribution in [2.45, 2.75) is 19.9 Å². The maximum absolute atomic E-state index is 13.2. The van der Waals surface area contributed by atoms with Crippen molar-refractivity contribution >= 4 is 5.91 Å². The van der Waals surface area contributed by atoms with Crippen molar-refractivity contribution < 1.29 is 9.18 Å². The average molecular weight is 264 g/mol. The van der Waals surface area contributed by atoms with Crippen LogP contribution in [0, 0.1) is 11.7 Å². The van der Waals surface area contributed by atoms with Gasteiger partial charge in [-0.1, -0.05) is 19.9 Å². The Morgan fingerprint density at radius 2 is 2.11 bits per heavy atom. The fraction of sp³-hybridized carbons (Fsp3) is 0.533. The number of carbonyl (C=O) groups is 1. The molecule has 0 radical (unpaired) electrons. The van der Waals surface area contributed by atoms with Crippen LogP contribution < -0.4 is 0 Å². The van der Waals surface area contributed by atoms with Gasteiger partial charge in [0.05, 0.1) is 0 Å². The Hall–Kier alpha value is -1.42. The van der Waals surface area contributed by atoms with Gasteiger partial charge in [-0.3, -0.25) is 4.79 Å². The van der Waals surface area contributed by atoms with E-state index in [1.807, 2.05) is 4.90 Å². The Balaban J connectivity index is 2.21. The standard InChI is InChI=1S/C15H21FN2O/c1-11(2)14-10-17(3)7-8-18(14)15(19)12-5-4-6-13(16)9-12/h4-6,9,11,14H,7-8,10H2,1-3H3. The molecule has 0 saturated carbocycles. The molecule has 1 amide bonds. The zero-order valence-corrected chi connectivity index (χ0v) is 11.8. The largest absolute Gasteiger partial charge is 0.333 e. The van der Waals surface area contributed by atoms with E-state index in [9.17, 15) is 9.18 Å². The number of amides is 1. The zero-order valence-electron chi connectivity index (χ0n) is 11.8. The summed E-state index contributed by atoms with van der Waals surface area (Å²) in [5.41, 5.74) is 0.440. The molecule has 3 nitrogen and oxygen atoms in total. The second-order valence-electron chi connectivity index (χ2n) is 5.58. The maximum atomic E-state index is 13.2. The van der Waals surface area contributed by atoms with E-state index in [0.717, 1.165) is 13.1 Å². The molecule has 1 aromatic carbocycles. The first-order chi connectivity index (χ1) is 8.99. The summed E-state index contributed by atoms with van der Waals surface area (Å²) in [5, 5.41) is 0. The monoisotopic (exact) mass is 264 g/mol. The van der Waals surface area contributed by atoms with Gasteiger partial charge in [0.2, 0.25) is 0 Å². The molecule has 4 heteroatoms. The molecule has 0 spiro atoms. The molecule has 1 heterocycles. The third kappa shape index (κ3) is 3.13. The summed E-state index contributed by atoms with van der Waals surface area (Å²) in [5.74, 6) is -0.0346. The van der Waals surface area contributed by atoms with Crippen molar-refractivity contribution in [1.29, 1.82) is 0 Å². The lowest BCUT2D eigenvalue weighted by Gasteiger charge is -2.42. The summed E-state index contributed by atoms with van der Waals surface area (Å²) < 4.78 is 13.2.